The molecule has 0 bridgehead atoms. The monoisotopic (exact) mass is 311 g/mol. The fourth-order valence-electron chi connectivity index (χ4n) is 1.92. The first kappa shape index (κ1) is 15.0. The molecule has 2 aromatic rings. The Morgan fingerprint density at radius 2 is 2.05 bits per heavy atom. The molecule has 0 aliphatic heterocycles. The molecule has 0 spiro atoms. The fourth-order valence-corrected chi connectivity index (χ4v) is 4.75. The van der Waals surface area contributed by atoms with Gasteiger partial charge in [-0.2, -0.15) is 0 Å². The van der Waals surface area contributed by atoms with E-state index in [4.69, 9.17) is 0 Å². The number of sulfonamides is 1. The molecule has 2 heterocycles. The lowest BCUT2D eigenvalue weighted by Gasteiger charge is -2.10. The molecule has 0 unspecified atom stereocenters. The molecule has 2 aromatic heterocycles. The van der Waals surface area contributed by atoms with Crippen LogP contribution < -0.4 is 10.0 Å². The summed E-state index contributed by atoms with van der Waals surface area (Å²) in [5.74, 6) is 0.339. The van der Waals surface area contributed by atoms with Gasteiger partial charge in [-0.1, -0.05) is 6.07 Å². The Labute approximate surface area is 123 Å². The Morgan fingerprint density at radius 3 is 2.70 bits per heavy atom. The molecule has 0 aliphatic rings. The van der Waals surface area contributed by atoms with Crippen LogP contribution in [0, 0.1) is 13.8 Å². The molecule has 0 aromatic carbocycles. The van der Waals surface area contributed by atoms with Crippen LogP contribution in [0.2, 0.25) is 0 Å². The number of rotatable bonds is 5. The molecule has 0 fully saturated rings. The SMILES string of the molecule is CNCc1scc(C)c1S(=O)(=O)Nc1cccc(C)n1. The first-order chi connectivity index (χ1) is 9.44. The van der Waals surface area contributed by atoms with E-state index in [9.17, 15) is 8.42 Å². The van der Waals surface area contributed by atoms with E-state index in [1.165, 1.54) is 11.3 Å². The maximum atomic E-state index is 12.5. The van der Waals surface area contributed by atoms with Crippen LogP contribution >= 0.6 is 11.3 Å². The van der Waals surface area contributed by atoms with Gasteiger partial charge in [0.1, 0.15) is 10.7 Å². The second kappa shape index (κ2) is 5.90. The van der Waals surface area contributed by atoms with Crippen LogP contribution in [-0.2, 0) is 16.6 Å². The van der Waals surface area contributed by atoms with Gasteiger partial charge in [-0.25, -0.2) is 13.4 Å². The predicted octanol–water partition coefficient (Wildman–Crippen LogP) is 2.28. The average Bonchev–Trinajstić information content (AvgIpc) is 2.71. The first-order valence-corrected chi connectivity index (χ1v) is 8.48. The van der Waals surface area contributed by atoms with Crippen molar-refractivity contribution in [2.75, 3.05) is 11.8 Å². The topological polar surface area (TPSA) is 71.1 Å². The van der Waals surface area contributed by atoms with Crippen molar-refractivity contribution in [1.29, 1.82) is 0 Å². The van der Waals surface area contributed by atoms with Gasteiger partial charge in [-0.15, -0.1) is 11.3 Å². The van der Waals surface area contributed by atoms with Gasteiger partial charge < -0.3 is 5.32 Å². The van der Waals surface area contributed by atoms with E-state index in [0.29, 0.717) is 17.3 Å². The molecular weight excluding hydrogens is 294 g/mol. The summed E-state index contributed by atoms with van der Waals surface area (Å²) in [6, 6.07) is 5.24. The lowest BCUT2D eigenvalue weighted by atomic mass is 10.3. The van der Waals surface area contributed by atoms with Crippen molar-refractivity contribution in [3.8, 4) is 0 Å². The summed E-state index contributed by atoms with van der Waals surface area (Å²) in [5.41, 5.74) is 1.52. The number of nitrogens with zero attached hydrogens (tertiary/aromatic N) is 1. The minimum absolute atomic E-state index is 0.339. The minimum atomic E-state index is -3.61. The highest BCUT2D eigenvalue weighted by molar-refractivity contribution is 7.93. The zero-order chi connectivity index (χ0) is 14.8. The lowest BCUT2D eigenvalue weighted by Crippen LogP contribution is -2.17. The second-order valence-corrected chi connectivity index (χ2v) is 7.05. The van der Waals surface area contributed by atoms with Crippen LogP contribution in [0.5, 0.6) is 0 Å². The second-order valence-electron chi connectivity index (χ2n) is 4.47. The highest BCUT2D eigenvalue weighted by Gasteiger charge is 2.23. The van der Waals surface area contributed by atoms with Crippen molar-refractivity contribution in [3.05, 3.63) is 39.7 Å². The van der Waals surface area contributed by atoms with Gasteiger partial charge in [0, 0.05) is 17.1 Å². The van der Waals surface area contributed by atoms with Gasteiger partial charge in [0.2, 0.25) is 0 Å². The summed E-state index contributed by atoms with van der Waals surface area (Å²) in [4.78, 5) is 5.31. The van der Waals surface area contributed by atoms with Crippen LogP contribution in [-0.4, -0.2) is 20.4 Å². The van der Waals surface area contributed by atoms with Gasteiger partial charge in [-0.3, -0.25) is 4.72 Å². The lowest BCUT2D eigenvalue weighted by molar-refractivity contribution is 0.599. The van der Waals surface area contributed by atoms with Gasteiger partial charge >= 0.3 is 0 Å². The molecule has 0 saturated heterocycles. The van der Waals surface area contributed by atoms with Gasteiger partial charge in [0.15, 0.2) is 0 Å². The van der Waals surface area contributed by atoms with Crippen molar-refractivity contribution in [2.45, 2.75) is 25.3 Å². The van der Waals surface area contributed by atoms with Crippen LogP contribution in [0.25, 0.3) is 0 Å². The highest BCUT2D eigenvalue weighted by atomic mass is 32.2. The third kappa shape index (κ3) is 3.17. The summed E-state index contributed by atoms with van der Waals surface area (Å²) in [5, 5.41) is 4.84. The van der Waals surface area contributed by atoms with E-state index in [1.807, 2.05) is 18.4 Å². The molecule has 0 radical (unpaired) electrons. The number of thiophene rings is 1. The normalized spacial score (nSPS) is 11.6. The Balaban J connectivity index is 2.38. The molecule has 108 valence electrons. The molecule has 2 rings (SSSR count). The fraction of sp³-hybridized carbons (Fsp3) is 0.308. The van der Waals surface area contributed by atoms with Gasteiger partial charge in [0.05, 0.1) is 0 Å². The number of aryl methyl sites for hydroxylation is 2. The first-order valence-electron chi connectivity index (χ1n) is 6.12. The van der Waals surface area contributed by atoms with Gasteiger partial charge in [-0.05, 0) is 44.0 Å². The van der Waals surface area contributed by atoms with Crippen molar-refractivity contribution < 1.29 is 8.42 Å². The summed E-state index contributed by atoms with van der Waals surface area (Å²) in [7, 11) is -1.82. The summed E-state index contributed by atoms with van der Waals surface area (Å²) in [6.45, 7) is 4.14. The van der Waals surface area contributed by atoms with Gasteiger partial charge in [0.25, 0.3) is 10.0 Å². The quantitative estimate of drug-likeness (QED) is 0.888. The molecule has 5 nitrogen and oxygen atoms in total. The molecular formula is C13H17N3O2S2. The minimum Gasteiger partial charge on any atom is -0.315 e. The van der Waals surface area contributed by atoms with Crippen LogP contribution in [0.1, 0.15) is 16.1 Å². The zero-order valence-corrected chi connectivity index (χ0v) is 13.2. The van der Waals surface area contributed by atoms with Crippen molar-refractivity contribution in [1.82, 2.24) is 10.3 Å². The number of hydrogen-bond donors (Lipinski definition) is 2. The zero-order valence-electron chi connectivity index (χ0n) is 11.6. The third-order valence-corrected chi connectivity index (χ3v) is 5.54. The summed E-state index contributed by atoms with van der Waals surface area (Å²) in [6.07, 6.45) is 0. The number of hydrogen-bond acceptors (Lipinski definition) is 5. The van der Waals surface area contributed by atoms with Crippen LogP contribution in [0.4, 0.5) is 5.82 Å². The summed E-state index contributed by atoms with van der Waals surface area (Å²) >= 11 is 1.44. The highest BCUT2D eigenvalue weighted by Crippen LogP contribution is 2.28. The largest absolute Gasteiger partial charge is 0.315 e. The molecule has 0 aliphatic carbocycles. The maximum Gasteiger partial charge on any atom is 0.264 e. The van der Waals surface area contributed by atoms with Crippen LogP contribution in [0.15, 0.2) is 28.5 Å². The van der Waals surface area contributed by atoms with E-state index in [1.54, 1.807) is 26.1 Å². The molecule has 20 heavy (non-hydrogen) atoms. The standard InChI is InChI=1S/C13H17N3O2S2/c1-9-8-19-11(7-14-3)13(9)20(17,18)16-12-6-4-5-10(2)15-12/h4-6,8,14H,7H2,1-3H3,(H,15,16). The van der Waals surface area contributed by atoms with E-state index in [0.717, 1.165) is 16.1 Å². The molecule has 7 heteroatoms. The smallest absolute Gasteiger partial charge is 0.264 e. The molecule has 0 amide bonds. The van der Waals surface area contributed by atoms with Crippen molar-refractivity contribution in [3.63, 3.8) is 0 Å². The number of anilines is 1. The number of pyridine rings is 1. The Kier molecular flexibility index (Phi) is 4.42. The van der Waals surface area contributed by atoms with E-state index in [-0.39, 0.29) is 0 Å². The Morgan fingerprint density at radius 1 is 1.30 bits per heavy atom. The van der Waals surface area contributed by atoms with Crippen molar-refractivity contribution in [2.24, 2.45) is 0 Å². The van der Waals surface area contributed by atoms with E-state index < -0.39 is 10.0 Å². The van der Waals surface area contributed by atoms with Crippen LogP contribution in [0.3, 0.4) is 0 Å². The molecule has 0 saturated carbocycles. The predicted molar refractivity (Wildman–Crippen MR) is 81.6 cm³/mol. The number of aromatic nitrogens is 1. The average molecular weight is 311 g/mol. The Bertz CT molecular complexity index is 708. The molecule has 0 atom stereocenters. The van der Waals surface area contributed by atoms with Crippen molar-refractivity contribution >= 4 is 27.2 Å². The summed E-state index contributed by atoms with van der Waals surface area (Å²) < 4.78 is 27.6. The number of nitrogens with one attached hydrogen (secondary N) is 2. The van der Waals surface area contributed by atoms with E-state index in [2.05, 4.69) is 15.0 Å². The molecule has 2 N–H and O–H groups in total. The Hall–Kier alpha value is -1.44. The maximum absolute atomic E-state index is 12.5. The van der Waals surface area contributed by atoms with E-state index >= 15 is 0 Å². The third-order valence-electron chi connectivity index (χ3n) is 2.72.